The maximum absolute atomic E-state index is 12.2. The van der Waals surface area contributed by atoms with E-state index >= 15 is 0 Å². The summed E-state index contributed by atoms with van der Waals surface area (Å²) in [6, 6.07) is 1.96. The fraction of sp³-hybridized carbons (Fsp3) is 0.385. The summed E-state index contributed by atoms with van der Waals surface area (Å²) in [6.45, 7) is 6.22. The molecule has 3 aromatic rings. The zero-order valence-electron chi connectivity index (χ0n) is 10.7. The van der Waals surface area contributed by atoms with Crippen LogP contribution in [0.2, 0.25) is 0 Å². The molecule has 0 radical (unpaired) electrons. The predicted octanol–water partition coefficient (Wildman–Crippen LogP) is 2.35. The molecule has 0 unspecified atom stereocenters. The lowest BCUT2D eigenvalue weighted by atomic mass is 10.0. The van der Waals surface area contributed by atoms with Gasteiger partial charge in [-0.2, -0.15) is 0 Å². The standard InChI is InChI=1S/C13H16N4O/c1-4-13(2,3)17-10-8-5-6-14-11(8)15-7-9(10)16-12(17)18/h5-7H,4H2,1-3H3,(H,14,15)(H,16,18). The van der Waals surface area contributed by atoms with Gasteiger partial charge in [-0.15, -0.1) is 0 Å². The van der Waals surface area contributed by atoms with Crippen LogP contribution in [-0.2, 0) is 5.54 Å². The number of rotatable bonds is 2. The highest BCUT2D eigenvalue weighted by Crippen LogP contribution is 2.27. The van der Waals surface area contributed by atoms with Gasteiger partial charge in [0.05, 0.1) is 17.2 Å². The molecule has 94 valence electrons. The lowest BCUT2D eigenvalue weighted by Crippen LogP contribution is -2.34. The van der Waals surface area contributed by atoms with Gasteiger partial charge in [-0.3, -0.25) is 4.57 Å². The third-order valence-electron chi connectivity index (χ3n) is 3.70. The van der Waals surface area contributed by atoms with Crippen molar-refractivity contribution in [3.8, 4) is 0 Å². The summed E-state index contributed by atoms with van der Waals surface area (Å²) in [5.41, 5.74) is 2.22. The van der Waals surface area contributed by atoms with Crippen LogP contribution in [0.5, 0.6) is 0 Å². The van der Waals surface area contributed by atoms with E-state index in [9.17, 15) is 4.79 Å². The second-order valence-electron chi connectivity index (χ2n) is 5.19. The lowest BCUT2D eigenvalue weighted by molar-refractivity contribution is 0.343. The van der Waals surface area contributed by atoms with Crippen LogP contribution in [0.15, 0.2) is 23.3 Å². The highest BCUT2D eigenvalue weighted by molar-refractivity contribution is 6.01. The molecule has 0 bridgehead atoms. The van der Waals surface area contributed by atoms with Crippen molar-refractivity contribution in [3.63, 3.8) is 0 Å². The van der Waals surface area contributed by atoms with E-state index in [1.54, 1.807) is 6.20 Å². The van der Waals surface area contributed by atoms with Crippen LogP contribution >= 0.6 is 0 Å². The molecule has 0 saturated heterocycles. The maximum atomic E-state index is 12.2. The van der Waals surface area contributed by atoms with Gasteiger partial charge in [0.1, 0.15) is 5.65 Å². The third kappa shape index (κ3) is 1.33. The summed E-state index contributed by atoms with van der Waals surface area (Å²) >= 11 is 0. The van der Waals surface area contributed by atoms with E-state index in [-0.39, 0.29) is 11.2 Å². The molecule has 0 amide bonds. The van der Waals surface area contributed by atoms with Gasteiger partial charge in [-0.1, -0.05) is 6.92 Å². The van der Waals surface area contributed by atoms with Crippen LogP contribution in [0.4, 0.5) is 0 Å². The van der Waals surface area contributed by atoms with E-state index in [4.69, 9.17) is 0 Å². The van der Waals surface area contributed by atoms with E-state index < -0.39 is 0 Å². The minimum atomic E-state index is -0.221. The first kappa shape index (κ1) is 11.1. The molecule has 0 aromatic carbocycles. The van der Waals surface area contributed by atoms with Gasteiger partial charge in [-0.05, 0) is 26.3 Å². The van der Waals surface area contributed by atoms with E-state index in [1.165, 1.54) is 0 Å². The lowest BCUT2D eigenvalue weighted by Gasteiger charge is -2.24. The average Bonchev–Trinajstić information content (AvgIpc) is 2.90. The predicted molar refractivity (Wildman–Crippen MR) is 71.8 cm³/mol. The van der Waals surface area contributed by atoms with Gasteiger partial charge in [0, 0.05) is 17.1 Å². The molecular weight excluding hydrogens is 228 g/mol. The number of hydrogen-bond donors (Lipinski definition) is 2. The minimum Gasteiger partial charge on any atom is -0.346 e. The molecule has 0 spiro atoms. The number of nitrogens with zero attached hydrogens (tertiary/aromatic N) is 2. The molecule has 0 aliphatic heterocycles. The highest BCUT2D eigenvalue weighted by Gasteiger charge is 2.24. The number of pyridine rings is 1. The molecule has 3 heterocycles. The maximum Gasteiger partial charge on any atom is 0.327 e. The zero-order valence-corrected chi connectivity index (χ0v) is 10.7. The SMILES string of the molecule is CCC(C)(C)n1c(=O)[nH]c2cnc3[nH]ccc3c21. The van der Waals surface area contributed by atoms with Crippen LogP contribution in [0.1, 0.15) is 27.2 Å². The third-order valence-corrected chi connectivity index (χ3v) is 3.70. The summed E-state index contributed by atoms with van der Waals surface area (Å²) in [5, 5.41) is 0.979. The number of aromatic amines is 2. The number of fused-ring (bicyclic) bond motifs is 3. The van der Waals surface area contributed by atoms with Crippen molar-refractivity contribution in [1.82, 2.24) is 19.5 Å². The van der Waals surface area contributed by atoms with Gasteiger partial charge in [-0.25, -0.2) is 9.78 Å². The number of imidazole rings is 1. The molecule has 0 atom stereocenters. The summed E-state index contributed by atoms with van der Waals surface area (Å²) in [5.74, 6) is 0. The van der Waals surface area contributed by atoms with Gasteiger partial charge >= 0.3 is 5.69 Å². The first-order valence-electron chi connectivity index (χ1n) is 6.12. The molecule has 0 aliphatic rings. The minimum absolute atomic E-state index is 0.0765. The first-order chi connectivity index (χ1) is 8.54. The quantitative estimate of drug-likeness (QED) is 0.726. The van der Waals surface area contributed by atoms with Crippen molar-refractivity contribution in [2.24, 2.45) is 0 Å². The Morgan fingerprint density at radius 3 is 2.94 bits per heavy atom. The number of hydrogen-bond acceptors (Lipinski definition) is 2. The fourth-order valence-corrected chi connectivity index (χ4v) is 2.33. The Balaban J connectivity index is 2.53. The van der Waals surface area contributed by atoms with E-state index in [2.05, 4.69) is 35.7 Å². The summed E-state index contributed by atoms with van der Waals surface area (Å²) in [6.07, 6.45) is 4.43. The molecule has 0 saturated carbocycles. The Morgan fingerprint density at radius 2 is 2.22 bits per heavy atom. The van der Waals surface area contributed by atoms with Crippen LogP contribution < -0.4 is 5.69 Å². The Hall–Kier alpha value is -2.04. The van der Waals surface area contributed by atoms with E-state index in [0.29, 0.717) is 0 Å². The summed E-state index contributed by atoms with van der Waals surface area (Å²) in [7, 11) is 0. The number of nitrogens with one attached hydrogen (secondary N) is 2. The van der Waals surface area contributed by atoms with Gasteiger partial charge in [0.2, 0.25) is 0 Å². The van der Waals surface area contributed by atoms with Crippen LogP contribution in [0.25, 0.3) is 22.1 Å². The van der Waals surface area contributed by atoms with Crippen LogP contribution in [0, 0.1) is 0 Å². The second-order valence-corrected chi connectivity index (χ2v) is 5.19. The Labute approximate surface area is 104 Å². The number of H-pyrrole nitrogens is 2. The highest BCUT2D eigenvalue weighted by atomic mass is 16.1. The smallest absolute Gasteiger partial charge is 0.327 e. The monoisotopic (exact) mass is 244 g/mol. The summed E-state index contributed by atoms with van der Waals surface area (Å²) < 4.78 is 1.83. The average molecular weight is 244 g/mol. The van der Waals surface area contributed by atoms with Gasteiger partial charge in [0.25, 0.3) is 0 Å². The fourth-order valence-electron chi connectivity index (χ4n) is 2.33. The second kappa shape index (κ2) is 3.48. The van der Waals surface area contributed by atoms with Crippen molar-refractivity contribution in [2.75, 3.05) is 0 Å². The van der Waals surface area contributed by atoms with Crippen molar-refractivity contribution >= 4 is 22.1 Å². The number of aromatic nitrogens is 4. The van der Waals surface area contributed by atoms with Crippen molar-refractivity contribution in [3.05, 3.63) is 28.9 Å². The molecule has 18 heavy (non-hydrogen) atoms. The van der Waals surface area contributed by atoms with Crippen molar-refractivity contribution in [1.29, 1.82) is 0 Å². The van der Waals surface area contributed by atoms with Gasteiger partial charge in [0.15, 0.2) is 0 Å². The van der Waals surface area contributed by atoms with Crippen LogP contribution in [0.3, 0.4) is 0 Å². The van der Waals surface area contributed by atoms with Gasteiger partial charge < -0.3 is 9.97 Å². The van der Waals surface area contributed by atoms with E-state index in [0.717, 1.165) is 28.5 Å². The molecule has 3 rings (SSSR count). The first-order valence-corrected chi connectivity index (χ1v) is 6.12. The summed E-state index contributed by atoms with van der Waals surface area (Å²) in [4.78, 5) is 22.4. The van der Waals surface area contributed by atoms with E-state index in [1.807, 2.05) is 16.8 Å². The normalized spacial score (nSPS) is 12.6. The topological polar surface area (TPSA) is 66.5 Å². The molecule has 5 heteroatoms. The molecule has 0 aliphatic carbocycles. The Kier molecular flexibility index (Phi) is 2.14. The Bertz CT molecular complexity index is 775. The molecule has 3 aromatic heterocycles. The Morgan fingerprint density at radius 1 is 1.44 bits per heavy atom. The molecule has 2 N–H and O–H groups in total. The van der Waals surface area contributed by atoms with Crippen molar-refractivity contribution in [2.45, 2.75) is 32.7 Å². The van der Waals surface area contributed by atoms with Crippen molar-refractivity contribution < 1.29 is 0 Å². The zero-order chi connectivity index (χ0) is 12.9. The molecule has 5 nitrogen and oxygen atoms in total. The molecular formula is C13H16N4O. The molecule has 0 fully saturated rings. The largest absolute Gasteiger partial charge is 0.346 e. The van der Waals surface area contributed by atoms with Crippen LogP contribution in [-0.4, -0.2) is 19.5 Å².